The molecule has 0 saturated carbocycles. The molecule has 2 aliphatic heterocycles. The molecular formula is C30H44O4Si2. The molecule has 1 fully saturated rings. The van der Waals surface area contributed by atoms with Gasteiger partial charge in [-0.05, 0) is 21.5 Å². The summed E-state index contributed by atoms with van der Waals surface area (Å²) < 4.78 is 27.5. The van der Waals surface area contributed by atoms with Crippen molar-refractivity contribution in [3.05, 3.63) is 73.0 Å². The number of ether oxygens (including phenoxy) is 1. The fourth-order valence-electron chi connectivity index (χ4n) is 6.24. The molecule has 2 aromatic rings. The van der Waals surface area contributed by atoms with E-state index in [0.29, 0.717) is 6.61 Å². The fraction of sp³-hybridized carbons (Fsp3) is 0.533. The maximum absolute atomic E-state index is 7.52. The molecule has 2 aliphatic rings. The van der Waals surface area contributed by atoms with E-state index < -0.39 is 16.9 Å². The van der Waals surface area contributed by atoms with Gasteiger partial charge in [-0.25, -0.2) is 0 Å². The number of benzene rings is 2. The Morgan fingerprint density at radius 3 is 1.72 bits per heavy atom. The number of rotatable bonds is 4. The van der Waals surface area contributed by atoms with E-state index >= 15 is 0 Å². The van der Waals surface area contributed by atoms with Crippen LogP contribution in [-0.4, -0.2) is 41.8 Å². The Balaban J connectivity index is 1.84. The normalized spacial score (nSPS) is 24.6. The predicted molar refractivity (Wildman–Crippen MR) is 153 cm³/mol. The van der Waals surface area contributed by atoms with Crippen LogP contribution in [0.5, 0.6) is 0 Å². The van der Waals surface area contributed by atoms with Crippen LogP contribution in [0.3, 0.4) is 0 Å². The van der Waals surface area contributed by atoms with Gasteiger partial charge in [-0.2, -0.15) is 0 Å². The third-order valence-electron chi connectivity index (χ3n) is 7.67. The predicted octanol–water partition coefficient (Wildman–Crippen LogP) is 6.30. The topological polar surface area (TPSA) is 36.9 Å². The zero-order valence-electron chi connectivity index (χ0n) is 23.5. The van der Waals surface area contributed by atoms with Crippen molar-refractivity contribution in [1.29, 1.82) is 0 Å². The first kappa shape index (κ1) is 27.3. The van der Waals surface area contributed by atoms with Gasteiger partial charge in [0.2, 0.25) is 0 Å². The van der Waals surface area contributed by atoms with E-state index in [9.17, 15) is 0 Å². The van der Waals surface area contributed by atoms with Crippen LogP contribution in [0.4, 0.5) is 0 Å². The van der Waals surface area contributed by atoms with E-state index in [-0.39, 0.29) is 33.4 Å². The van der Waals surface area contributed by atoms with Gasteiger partial charge < -0.3 is 18.0 Å². The second kappa shape index (κ2) is 9.55. The van der Waals surface area contributed by atoms with Gasteiger partial charge in [0.1, 0.15) is 12.2 Å². The molecule has 0 bridgehead atoms. The van der Waals surface area contributed by atoms with Crippen molar-refractivity contribution in [2.75, 3.05) is 6.61 Å². The van der Waals surface area contributed by atoms with Gasteiger partial charge in [0.15, 0.2) is 0 Å². The largest absolute Gasteiger partial charge is 0.493 e. The van der Waals surface area contributed by atoms with Crippen LogP contribution in [0, 0.1) is 0 Å². The van der Waals surface area contributed by atoms with Crippen molar-refractivity contribution in [1.82, 2.24) is 0 Å². The Morgan fingerprint density at radius 1 is 0.778 bits per heavy atom. The van der Waals surface area contributed by atoms with Crippen LogP contribution in [0.15, 0.2) is 73.0 Å². The first-order valence-electron chi connectivity index (χ1n) is 13.2. The van der Waals surface area contributed by atoms with Crippen LogP contribution >= 0.6 is 0 Å². The minimum atomic E-state index is -2.76. The molecule has 36 heavy (non-hydrogen) atoms. The summed E-state index contributed by atoms with van der Waals surface area (Å²) in [6, 6.07) is 21.6. The lowest BCUT2D eigenvalue weighted by atomic mass is 10.1. The van der Waals surface area contributed by atoms with Gasteiger partial charge in [-0.3, -0.25) is 0 Å². The van der Waals surface area contributed by atoms with Crippen LogP contribution < -0.4 is 10.4 Å². The molecule has 1 saturated heterocycles. The third kappa shape index (κ3) is 4.56. The second-order valence-corrected chi connectivity index (χ2v) is 22.3. The zero-order chi connectivity index (χ0) is 26.4. The lowest BCUT2D eigenvalue weighted by Crippen LogP contribution is -2.71. The van der Waals surface area contributed by atoms with Gasteiger partial charge in [0.25, 0.3) is 8.32 Å². The summed E-state index contributed by atoms with van der Waals surface area (Å²) >= 11 is 0. The molecule has 0 unspecified atom stereocenters. The molecule has 0 N–H and O–H groups in total. The van der Waals surface area contributed by atoms with E-state index in [0.717, 1.165) is 0 Å². The molecule has 2 aromatic carbocycles. The molecule has 4 nitrogen and oxygen atoms in total. The summed E-state index contributed by atoms with van der Waals surface area (Å²) in [5, 5.41) is 2.19. The van der Waals surface area contributed by atoms with Crippen LogP contribution in [0.1, 0.15) is 62.3 Å². The number of hydrogen-bond donors (Lipinski definition) is 0. The highest BCUT2D eigenvalue weighted by atomic mass is 28.4. The van der Waals surface area contributed by atoms with Gasteiger partial charge >= 0.3 is 8.56 Å². The molecule has 3 atom stereocenters. The molecule has 196 valence electrons. The van der Waals surface area contributed by atoms with Crippen molar-refractivity contribution in [2.24, 2.45) is 0 Å². The molecule has 0 aromatic heterocycles. The highest BCUT2D eigenvalue weighted by Gasteiger charge is 2.64. The van der Waals surface area contributed by atoms with Gasteiger partial charge in [-0.1, -0.05) is 123 Å². The first-order valence-corrected chi connectivity index (χ1v) is 16.9. The quantitative estimate of drug-likeness (QED) is 0.440. The van der Waals surface area contributed by atoms with Crippen molar-refractivity contribution in [3.63, 3.8) is 0 Å². The van der Waals surface area contributed by atoms with Crippen molar-refractivity contribution < 1.29 is 18.0 Å². The van der Waals surface area contributed by atoms with E-state index in [4.69, 9.17) is 18.0 Å². The van der Waals surface area contributed by atoms with Crippen molar-refractivity contribution in [2.45, 2.75) is 95.7 Å². The van der Waals surface area contributed by atoms with Crippen molar-refractivity contribution in [3.8, 4) is 0 Å². The van der Waals surface area contributed by atoms with E-state index in [1.54, 1.807) is 6.26 Å². The molecule has 0 aliphatic carbocycles. The molecule has 2 heterocycles. The first-order chi connectivity index (χ1) is 16.7. The Morgan fingerprint density at radius 2 is 1.28 bits per heavy atom. The van der Waals surface area contributed by atoms with E-state index in [2.05, 4.69) is 129 Å². The minimum absolute atomic E-state index is 0.112. The summed E-state index contributed by atoms with van der Waals surface area (Å²) in [5.74, 6) is 0. The summed E-state index contributed by atoms with van der Waals surface area (Å²) in [7, 11) is -5.46. The maximum Gasteiger partial charge on any atom is 0.349 e. The minimum Gasteiger partial charge on any atom is -0.493 e. The molecule has 6 heteroatoms. The molecule has 0 spiro atoms. The Labute approximate surface area is 220 Å². The summed E-state index contributed by atoms with van der Waals surface area (Å²) in [4.78, 5) is 0. The van der Waals surface area contributed by atoms with Crippen LogP contribution in [0.25, 0.3) is 0 Å². The smallest absolute Gasteiger partial charge is 0.349 e. The average molecular weight is 525 g/mol. The van der Waals surface area contributed by atoms with Crippen LogP contribution in [-0.2, 0) is 18.0 Å². The van der Waals surface area contributed by atoms with Gasteiger partial charge in [0, 0.05) is 10.1 Å². The molecule has 0 amide bonds. The van der Waals surface area contributed by atoms with Crippen molar-refractivity contribution >= 4 is 27.3 Å². The monoisotopic (exact) mass is 524 g/mol. The number of hydrogen-bond acceptors (Lipinski definition) is 4. The van der Waals surface area contributed by atoms with E-state index in [1.165, 1.54) is 10.4 Å². The lowest BCUT2D eigenvalue weighted by Gasteiger charge is -2.56. The zero-order valence-corrected chi connectivity index (χ0v) is 25.5. The van der Waals surface area contributed by atoms with Gasteiger partial charge in [-0.15, -0.1) is 0 Å². The standard InChI is InChI=1S/C30H44O4Si2/c1-28(2,3)35(23-16-12-10-13-17-23,24-18-14-11-15-19-24)33-25-20-21-31-26-22-32-36(29(4,5)6,30(7,8)9)34-27(25)26/h10-21,25-27H,22H2,1-9H3/t25-,26-,27-/m1/s1. The second-order valence-electron chi connectivity index (χ2n) is 13.3. The molecule has 0 radical (unpaired) electrons. The summed E-state index contributed by atoms with van der Waals surface area (Å²) in [5.41, 5.74) is 0. The average Bonchev–Trinajstić information content (AvgIpc) is 2.81. The van der Waals surface area contributed by atoms with E-state index in [1.807, 2.05) is 0 Å². The highest BCUT2D eigenvalue weighted by molar-refractivity contribution is 6.99. The molecular weight excluding hydrogens is 480 g/mol. The fourth-order valence-corrected chi connectivity index (χ4v) is 15.8. The van der Waals surface area contributed by atoms with Gasteiger partial charge in [0.05, 0.1) is 19.0 Å². The Bertz CT molecular complexity index is 995. The summed E-state index contributed by atoms with van der Waals surface area (Å²) in [6.45, 7) is 21.0. The highest BCUT2D eigenvalue weighted by Crippen LogP contribution is 2.55. The Hall–Kier alpha value is -1.71. The van der Waals surface area contributed by atoms with Crippen LogP contribution in [0.2, 0.25) is 15.1 Å². The third-order valence-corrected chi connectivity index (χ3v) is 17.8. The molecule has 4 rings (SSSR count). The number of fused-ring (bicyclic) bond motifs is 1. The summed E-state index contributed by atoms with van der Waals surface area (Å²) in [6.07, 6.45) is 3.20. The maximum atomic E-state index is 7.52. The lowest BCUT2D eigenvalue weighted by molar-refractivity contribution is -0.119. The Kier molecular flexibility index (Phi) is 7.25. The SMILES string of the molecule is CC(C)(C)[Si](O[C@@H]1C=CO[C@@H]2CO[Si](C(C)(C)C)(C(C)(C)C)O[C@H]12)(c1ccccc1)c1ccccc1.